The molecule has 1 N–H and O–H groups in total. The summed E-state index contributed by atoms with van der Waals surface area (Å²) in [7, 11) is 1.98. The Hall–Kier alpha value is -1.28. The molecule has 0 bridgehead atoms. The molecule has 0 saturated heterocycles. The Morgan fingerprint density at radius 2 is 2.14 bits per heavy atom. The molecule has 5 nitrogen and oxygen atoms in total. The molecule has 0 aliphatic heterocycles. The summed E-state index contributed by atoms with van der Waals surface area (Å²) in [5.74, 6) is 0.806. The third-order valence-corrected chi connectivity index (χ3v) is 3.31. The molecule has 0 aliphatic rings. The largest absolute Gasteiger partial charge is 0.364 e. The fraction of sp³-hybridized carbons (Fsp3) is 0.333. The molecule has 0 saturated carbocycles. The maximum Gasteiger partial charge on any atom is 0.194 e. The van der Waals surface area contributed by atoms with E-state index >= 15 is 0 Å². The van der Waals surface area contributed by atoms with Crippen molar-refractivity contribution in [3.63, 3.8) is 0 Å². The van der Waals surface area contributed by atoms with E-state index < -0.39 is 0 Å². The lowest BCUT2D eigenvalue weighted by Gasteiger charge is -2.22. The molecule has 0 radical (unpaired) electrons. The average molecular weight is 435 g/mol. The average Bonchev–Trinajstić information content (AvgIpc) is 2.99. The molecule has 0 aliphatic carbocycles. The van der Waals surface area contributed by atoms with Gasteiger partial charge < -0.3 is 14.7 Å². The van der Waals surface area contributed by atoms with Crippen molar-refractivity contribution in [3.05, 3.63) is 52.9 Å². The minimum absolute atomic E-state index is 0. The highest BCUT2D eigenvalue weighted by Crippen LogP contribution is 2.16. The topological polar surface area (TPSA) is 53.7 Å². The van der Waals surface area contributed by atoms with Gasteiger partial charge >= 0.3 is 0 Å². The maximum absolute atomic E-state index is 6.20. The molecule has 0 spiro atoms. The van der Waals surface area contributed by atoms with Gasteiger partial charge in [0.05, 0.1) is 6.54 Å². The van der Waals surface area contributed by atoms with Crippen LogP contribution in [0.25, 0.3) is 0 Å². The number of guanidine groups is 1. The Kier molecular flexibility index (Phi) is 8.26. The van der Waals surface area contributed by atoms with Crippen molar-refractivity contribution in [1.29, 1.82) is 0 Å². The van der Waals surface area contributed by atoms with Crippen LogP contribution in [-0.4, -0.2) is 29.6 Å². The number of hydrogen-bond donors (Lipinski definition) is 1. The van der Waals surface area contributed by atoms with E-state index in [0.717, 1.165) is 28.8 Å². The summed E-state index contributed by atoms with van der Waals surface area (Å²) in [6.07, 6.45) is 1.55. The molecule has 120 valence electrons. The van der Waals surface area contributed by atoms with Gasteiger partial charge in [0, 0.05) is 31.2 Å². The predicted molar refractivity (Wildman–Crippen MR) is 99.7 cm³/mol. The van der Waals surface area contributed by atoms with Gasteiger partial charge in [-0.25, -0.2) is 4.99 Å². The van der Waals surface area contributed by atoms with Crippen molar-refractivity contribution in [3.8, 4) is 0 Å². The van der Waals surface area contributed by atoms with E-state index in [1.54, 1.807) is 12.3 Å². The lowest BCUT2D eigenvalue weighted by Crippen LogP contribution is -2.38. The Balaban J connectivity index is 0.00000242. The highest BCUT2D eigenvalue weighted by molar-refractivity contribution is 14.0. The Morgan fingerprint density at radius 1 is 1.36 bits per heavy atom. The number of aliphatic imine (C=N–C) groups is 1. The number of hydrogen-bond acceptors (Lipinski definition) is 3. The van der Waals surface area contributed by atoms with E-state index in [-0.39, 0.29) is 24.0 Å². The van der Waals surface area contributed by atoms with Gasteiger partial charge in [-0.05, 0) is 18.6 Å². The molecule has 0 amide bonds. The van der Waals surface area contributed by atoms with Crippen LogP contribution in [0.2, 0.25) is 5.02 Å². The number of benzene rings is 1. The summed E-state index contributed by atoms with van der Waals surface area (Å²) in [5.41, 5.74) is 1.87. The number of nitrogens with one attached hydrogen (secondary N) is 1. The van der Waals surface area contributed by atoms with Crippen LogP contribution in [0.1, 0.15) is 18.2 Å². The standard InChI is InChI=1S/C15H19ClN4O.HI/c1-3-17-15(18-10-13-8-9-21-19-13)20(2)11-12-6-4-5-7-14(12)16;/h4-9H,3,10-11H2,1-2H3,(H,17,18);1H. The van der Waals surface area contributed by atoms with Gasteiger partial charge in [-0.2, -0.15) is 0 Å². The highest BCUT2D eigenvalue weighted by atomic mass is 127. The van der Waals surface area contributed by atoms with Crippen molar-refractivity contribution < 1.29 is 4.52 Å². The molecule has 1 aromatic heterocycles. The van der Waals surface area contributed by atoms with E-state index in [2.05, 4.69) is 15.5 Å². The molecular weight excluding hydrogens is 415 g/mol. The zero-order valence-electron chi connectivity index (χ0n) is 12.6. The quantitative estimate of drug-likeness (QED) is 0.444. The number of aromatic nitrogens is 1. The second-order valence-corrected chi connectivity index (χ2v) is 5.02. The first-order valence-electron chi connectivity index (χ1n) is 6.82. The minimum Gasteiger partial charge on any atom is -0.364 e. The molecule has 1 aromatic carbocycles. The fourth-order valence-corrected chi connectivity index (χ4v) is 2.10. The van der Waals surface area contributed by atoms with Gasteiger partial charge in [-0.1, -0.05) is 35.0 Å². The second kappa shape index (κ2) is 9.68. The van der Waals surface area contributed by atoms with Gasteiger partial charge in [0.1, 0.15) is 12.0 Å². The van der Waals surface area contributed by atoms with Gasteiger partial charge in [-0.15, -0.1) is 24.0 Å². The van der Waals surface area contributed by atoms with Gasteiger partial charge in [0.25, 0.3) is 0 Å². The van der Waals surface area contributed by atoms with Crippen LogP contribution >= 0.6 is 35.6 Å². The number of halogens is 2. The van der Waals surface area contributed by atoms with Gasteiger partial charge in [-0.3, -0.25) is 0 Å². The van der Waals surface area contributed by atoms with Crippen molar-refractivity contribution in [2.45, 2.75) is 20.0 Å². The molecular formula is C15H20ClIN4O. The summed E-state index contributed by atoms with van der Waals surface area (Å²) in [4.78, 5) is 6.58. The lowest BCUT2D eigenvalue weighted by molar-refractivity contribution is 0.411. The molecule has 1 heterocycles. The van der Waals surface area contributed by atoms with Crippen LogP contribution < -0.4 is 5.32 Å². The SMILES string of the molecule is CCNC(=NCc1ccon1)N(C)Cc1ccccc1Cl.I. The molecule has 2 rings (SSSR count). The lowest BCUT2D eigenvalue weighted by atomic mass is 10.2. The first kappa shape index (κ1) is 18.8. The summed E-state index contributed by atoms with van der Waals surface area (Å²) in [6, 6.07) is 9.62. The van der Waals surface area contributed by atoms with Gasteiger partial charge in [0.2, 0.25) is 0 Å². The van der Waals surface area contributed by atoms with Crippen LogP contribution in [-0.2, 0) is 13.1 Å². The Morgan fingerprint density at radius 3 is 2.77 bits per heavy atom. The molecule has 2 aromatic rings. The molecule has 0 unspecified atom stereocenters. The van der Waals surface area contributed by atoms with Crippen molar-refractivity contribution >= 4 is 41.5 Å². The maximum atomic E-state index is 6.20. The number of rotatable bonds is 5. The minimum atomic E-state index is 0. The summed E-state index contributed by atoms with van der Waals surface area (Å²) in [6.45, 7) is 4.00. The van der Waals surface area contributed by atoms with Gasteiger partial charge in [0.15, 0.2) is 5.96 Å². The Bertz CT molecular complexity index is 589. The third-order valence-electron chi connectivity index (χ3n) is 2.94. The van der Waals surface area contributed by atoms with E-state index in [4.69, 9.17) is 16.1 Å². The van der Waals surface area contributed by atoms with E-state index in [9.17, 15) is 0 Å². The van der Waals surface area contributed by atoms with Crippen LogP contribution in [0.15, 0.2) is 46.1 Å². The second-order valence-electron chi connectivity index (χ2n) is 4.61. The van der Waals surface area contributed by atoms with Crippen molar-refractivity contribution in [2.75, 3.05) is 13.6 Å². The normalized spacial score (nSPS) is 11.0. The first-order valence-corrected chi connectivity index (χ1v) is 7.20. The van der Waals surface area contributed by atoms with E-state index in [0.29, 0.717) is 13.1 Å². The van der Waals surface area contributed by atoms with E-state index in [1.165, 1.54) is 0 Å². The molecule has 7 heteroatoms. The zero-order chi connectivity index (χ0) is 15.1. The molecule has 0 fully saturated rings. The summed E-state index contributed by atoms with van der Waals surface area (Å²) < 4.78 is 4.81. The van der Waals surface area contributed by atoms with Crippen LogP contribution in [0.3, 0.4) is 0 Å². The third kappa shape index (κ3) is 5.49. The predicted octanol–water partition coefficient (Wildman–Crippen LogP) is 3.54. The fourth-order valence-electron chi connectivity index (χ4n) is 1.90. The summed E-state index contributed by atoms with van der Waals surface area (Å²) in [5, 5.41) is 7.88. The number of nitrogens with zero attached hydrogens (tertiary/aromatic N) is 3. The van der Waals surface area contributed by atoms with Crippen LogP contribution in [0, 0.1) is 0 Å². The zero-order valence-corrected chi connectivity index (χ0v) is 15.7. The molecule has 0 atom stereocenters. The van der Waals surface area contributed by atoms with Crippen LogP contribution in [0.5, 0.6) is 0 Å². The Labute approximate surface area is 152 Å². The monoisotopic (exact) mass is 434 g/mol. The molecule has 22 heavy (non-hydrogen) atoms. The highest BCUT2D eigenvalue weighted by Gasteiger charge is 2.08. The first-order chi connectivity index (χ1) is 10.2. The smallest absolute Gasteiger partial charge is 0.194 e. The van der Waals surface area contributed by atoms with Crippen molar-refractivity contribution in [1.82, 2.24) is 15.4 Å². The van der Waals surface area contributed by atoms with Crippen molar-refractivity contribution in [2.24, 2.45) is 4.99 Å². The van der Waals surface area contributed by atoms with Crippen LogP contribution in [0.4, 0.5) is 0 Å². The summed E-state index contributed by atoms with van der Waals surface area (Å²) >= 11 is 6.20. The van der Waals surface area contributed by atoms with E-state index in [1.807, 2.05) is 43.1 Å².